The van der Waals surface area contributed by atoms with Gasteiger partial charge in [0, 0.05) is 20.2 Å². The first kappa shape index (κ1) is 13.8. The zero-order valence-corrected chi connectivity index (χ0v) is 12.0. The minimum absolute atomic E-state index is 0.596. The van der Waals surface area contributed by atoms with Crippen LogP contribution >= 0.6 is 34.5 Å². The van der Waals surface area contributed by atoms with Gasteiger partial charge in [0.15, 0.2) is 12.2 Å². The number of nitrogens with one attached hydrogen (secondary N) is 1. The molecular weight excluding hydrogens is 295 g/mol. The Kier molecular flexibility index (Phi) is 5.03. The normalized spacial score (nSPS) is 11.1. The number of rotatable bonds is 6. The molecule has 0 bridgehead atoms. The number of hydrogen-bond acceptors (Lipinski definition) is 5. The van der Waals surface area contributed by atoms with Gasteiger partial charge in [0.2, 0.25) is 0 Å². The van der Waals surface area contributed by atoms with Gasteiger partial charge < -0.3 is 14.5 Å². The summed E-state index contributed by atoms with van der Waals surface area (Å²) < 4.78 is 11.6. The van der Waals surface area contributed by atoms with Gasteiger partial charge in [-0.15, -0.1) is 11.3 Å². The molecule has 2 aromatic rings. The van der Waals surface area contributed by atoms with Crippen molar-refractivity contribution in [1.29, 1.82) is 0 Å². The Labute approximate surface area is 119 Å². The molecule has 0 fully saturated rings. The Morgan fingerprint density at radius 2 is 2.33 bits per heavy atom. The average molecular weight is 307 g/mol. The molecule has 0 aliphatic rings. The van der Waals surface area contributed by atoms with Gasteiger partial charge >= 0.3 is 0 Å². The molecule has 0 saturated heterocycles. The van der Waals surface area contributed by atoms with Gasteiger partial charge in [-0.05, 0) is 6.07 Å². The molecule has 0 atom stereocenters. The van der Waals surface area contributed by atoms with E-state index in [9.17, 15) is 0 Å². The van der Waals surface area contributed by atoms with Crippen LogP contribution in [0.2, 0.25) is 8.67 Å². The van der Waals surface area contributed by atoms with E-state index in [2.05, 4.69) is 10.3 Å². The van der Waals surface area contributed by atoms with Crippen molar-refractivity contribution in [3.63, 3.8) is 0 Å². The minimum Gasteiger partial charge on any atom is -0.443 e. The summed E-state index contributed by atoms with van der Waals surface area (Å²) in [5, 5.41) is 3.20. The molecule has 0 spiro atoms. The van der Waals surface area contributed by atoms with Crippen molar-refractivity contribution in [2.45, 2.75) is 6.54 Å². The predicted octanol–water partition coefficient (Wildman–Crippen LogP) is 3.45. The van der Waals surface area contributed by atoms with E-state index < -0.39 is 0 Å². The maximum absolute atomic E-state index is 6.10. The lowest BCUT2D eigenvalue weighted by Crippen LogP contribution is -2.19. The quantitative estimate of drug-likeness (QED) is 0.830. The van der Waals surface area contributed by atoms with Crippen LogP contribution in [0.3, 0.4) is 0 Å². The summed E-state index contributed by atoms with van der Waals surface area (Å²) in [7, 11) is 1.66. The van der Waals surface area contributed by atoms with Crippen molar-refractivity contribution >= 4 is 34.5 Å². The molecule has 0 aliphatic carbocycles. The molecule has 7 heteroatoms. The third-order valence-corrected chi connectivity index (χ3v) is 3.81. The fourth-order valence-corrected chi connectivity index (χ4v) is 2.95. The Balaban J connectivity index is 2.10. The highest BCUT2D eigenvalue weighted by Gasteiger charge is 2.16. The zero-order chi connectivity index (χ0) is 13.0. The van der Waals surface area contributed by atoms with Crippen LogP contribution in [0.25, 0.3) is 11.3 Å². The summed E-state index contributed by atoms with van der Waals surface area (Å²) in [6.07, 6.45) is 1.41. The third-order valence-electron chi connectivity index (χ3n) is 2.32. The highest BCUT2D eigenvalue weighted by Crippen LogP contribution is 2.39. The SMILES string of the molecule is COCCNCc1ncoc1-c1cc(Cl)sc1Cl. The molecule has 0 aromatic carbocycles. The molecule has 0 amide bonds. The fourth-order valence-electron chi connectivity index (χ4n) is 1.49. The molecule has 18 heavy (non-hydrogen) atoms. The standard InChI is InChI=1S/C11H12Cl2N2O2S/c1-16-3-2-14-5-8-10(17-6-15-8)7-4-9(12)18-11(7)13/h4,6,14H,2-3,5H2,1H3. The summed E-state index contributed by atoms with van der Waals surface area (Å²) in [5.74, 6) is 0.660. The Bertz CT molecular complexity index is 513. The van der Waals surface area contributed by atoms with Gasteiger partial charge in [0.1, 0.15) is 10.0 Å². The first-order valence-corrected chi connectivity index (χ1v) is 6.87. The summed E-state index contributed by atoms with van der Waals surface area (Å²) in [6.45, 7) is 2.00. The van der Waals surface area contributed by atoms with Gasteiger partial charge in [0.25, 0.3) is 0 Å². The van der Waals surface area contributed by atoms with E-state index >= 15 is 0 Å². The molecule has 4 nitrogen and oxygen atoms in total. The molecule has 2 heterocycles. The van der Waals surface area contributed by atoms with Crippen molar-refractivity contribution in [3.8, 4) is 11.3 Å². The molecule has 2 aromatic heterocycles. The number of aromatic nitrogens is 1. The van der Waals surface area contributed by atoms with E-state index in [1.54, 1.807) is 13.2 Å². The van der Waals surface area contributed by atoms with Gasteiger partial charge in [-0.25, -0.2) is 4.98 Å². The Hall–Kier alpha value is -0.590. The second-order valence-corrected chi connectivity index (χ2v) is 5.82. The summed E-state index contributed by atoms with van der Waals surface area (Å²) >= 11 is 13.3. The van der Waals surface area contributed by atoms with Crippen LogP contribution in [-0.4, -0.2) is 25.2 Å². The molecule has 0 aliphatic heterocycles. The van der Waals surface area contributed by atoms with E-state index in [-0.39, 0.29) is 0 Å². The minimum atomic E-state index is 0.596. The number of ether oxygens (including phenoxy) is 1. The Morgan fingerprint density at radius 3 is 3.00 bits per heavy atom. The maximum Gasteiger partial charge on any atom is 0.181 e. The highest BCUT2D eigenvalue weighted by molar-refractivity contribution is 7.20. The van der Waals surface area contributed by atoms with Crippen molar-refractivity contribution in [2.75, 3.05) is 20.3 Å². The number of oxazole rings is 1. The van der Waals surface area contributed by atoms with Gasteiger partial charge in [-0.3, -0.25) is 0 Å². The van der Waals surface area contributed by atoms with Crippen LogP contribution in [0, 0.1) is 0 Å². The summed E-state index contributed by atoms with van der Waals surface area (Å²) in [4.78, 5) is 4.17. The van der Waals surface area contributed by atoms with Crippen molar-refractivity contribution in [3.05, 3.63) is 26.8 Å². The van der Waals surface area contributed by atoms with Gasteiger partial charge in [-0.1, -0.05) is 23.2 Å². The molecule has 0 saturated carbocycles. The number of nitrogens with zero attached hydrogens (tertiary/aromatic N) is 1. The lowest BCUT2D eigenvalue weighted by atomic mass is 10.2. The molecule has 0 unspecified atom stereocenters. The summed E-state index contributed by atoms with van der Waals surface area (Å²) in [6, 6.07) is 1.79. The highest BCUT2D eigenvalue weighted by atomic mass is 35.5. The zero-order valence-electron chi connectivity index (χ0n) is 9.70. The topological polar surface area (TPSA) is 47.3 Å². The van der Waals surface area contributed by atoms with Crippen LogP contribution in [-0.2, 0) is 11.3 Å². The molecule has 2 rings (SSSR count). The summed E-state index contributed by atoms with van der Waals surface area (Å²) in [5.41, 5.74) is 1.59. The van der Waals surface area contributed by atoms with E-state index in [4.69, 9.17) is 32.4 Å². The monoisotopic (exact) mass is 306 g/mol. The number of thiophene rings is 1. The van der Waals surface area contributed by atoms with E-state index in [1.165, 1.54) is 17.7 Å². The lowest BCUT2D eigenvalue weighted by Gasteiger charge is -2.02. The van der Waals surface area contributed by atoms with E-state index in [0.29, 0.717) is 27.6 Å². The number of halogens is 2. The van der Waals surface area contributed by atoms with E-state index in [0.717, 1.165) is 17.8 Å². The first-order valence-electron chi connectivity index (χ1n) is 5.29. The van der Waals surface area contributed by atoms with Crippen LogP contribution < -0.4 is 5.32 Å². The molecule has 1 N–H and O–H groups in total. The largest absolute Gasteiger partial charge is 0.443 e. The molecule has 98 valence electrons. The van der Waals surface area contributed by atoms with Gasteiger partial charge in [-0.2, -0.15) is 0 Å². The number of hydrogen-bond donors (Lipinski definition) is 1. The van der Waals surface area contributed by atoms with Crippen LogP contribution in [0.5, 0.6) is 0 Å². The van der Waals surface area contributed by atoms with Crippen LogP contribution in [0.4, 0.5) is 0 Å². The lowest BCUT2D eigenvalue weighted by molar-refractivity contribution is 0.199. The maximum atomic E-state index is 6.10. The predicted molar refractivity (Wildman–Crippen MR) is 73.4 cm³/mol. The Morgan fingerprint density at radius 1 is 1.50 bits per heavy atom. The average Bonchev–Trinajstić information content (AvgIpc) is 2.91. The van der Waals surface area contributed by atoms with E-state index in [1.807, 2.05) is 0 Å². The van der Waals surface area contributed by atoms with Crippen molar-refractivity contribution < 1.29 is 9.15 Å². The third kappa shape index (κ3) is 3.24. The second-order valence-electron chi connectivity index (χ2n) is 3.54. The van der Waals surface area contributed by atoms with Crippen LogP contribution in [0.15, 0.2) is 16.9 Å². The van der Waals surface area contributed by atoms with Crippen LogP contribution in [0.1, 0.15) is 5.69 Å². The van der Waals surface area contributed by atoms with Crippen molar-refractivity contribution in [2.24, 2.45) is 0 Å². The fraction of sp³-hybridized carbons (Fsp3) is 0.364. The number of methoxy groups -OCH3 is 1. The van der Waals surface area contributed by atoms with Crippen molar-refractivity contribution in [1.82, 2.24) is 10.3 Å². The molecule has 0 radical (unpaired) electrons. The molecular formula is C11H12Cl2N2O2S. The van der Waals surface area contributed by atoms with Gasteiger partial charge in [0.05, 0.1) is 16.5 Å². The first-order chi connectivity index (χ1) is 8.72. The second kappa shape index (κ2) is 6.54. The smallest absolute Gasteiger partial charge is 0.181 e.